The Morgan fingerprint density at radius 2 is 1.02 bits per heavy atom. The number of unbranched alkanes of at least 4 members (excludes halogenated alkanes) is 18. The van der Waals surface area contributed by atoms with Crippen LogP contribution in [0.3, 0.4) is 0 Å². The molecule has 0 saturated heterocycles. The van der Waals surface area contributed by atoms with E-state index in [2.05, 4.69) is 54.8 Å². The summed E-state index contributed by atoms with van der Waals surface area (Å²) in [7, 11) is -4.77. The van der Waals surface area contributed by atoms with E-state index in [9.17, 15) is 14.2 Å². The Morgan fingerprint density at radius 1 is 0.551 bits per heavy atom. The molecule has 1 atom stereocenters. The third kappa shape index (κ3) is 38.7. The van der Waals surface area contributed by atoms with Crippen molar-refractivity contribution in [3.8, 4) is 0 Å². The fourth-order valence-electron chi connectivity index (χ4n) is 5.18. The van der Waals surface area contributed by atoms with E-state index in [0.29, 0.717) is 12.8 Å². The summed E-state index contributed by atoms with van der Waals surface area (Å²) in [5, 5.41) is 0. The van der Waals surface area contributed by atoms with Crippen LogP contribution in [-0.4, -0.2) is 41.0 Å². The first kappa shape index (κ1) is 47.0. The van der Waals surface area contributed by atoms with Crippen molar-refractivity contribution in [1.29, 1.82) is 0 Å². The van der Waals surface area contributed by atoms with Crippen LogP contribution in [0.2, 0.25) is 0 Å². The number of phosphoric ester groups is 1. The van der Waals surface area contributed by atoms with Crippen LogP contribution >= 0.6 is 7.82 Å². The van der Waals surface area contributed by atoms with Crippen LogP contribution in [-0.2, 0) is 28.2 Å². The average Bonchev–Trinajstić information content (AvgIpc) is 3.07. The second kappa shape index (κ2) is 35.8. The third-order valence-electron chi connectivity index (χ3n) is 8.11. The van der Waals surface area contributed by atoms with Crippen LogP contribution in [0.25, 0.3) is 0 Å². The first-order valence-electron chi connectivity index (χ1n) is 19.4. The highest BCUT2D eigenvalue weighted by molar-refractivity contribution is 7.46. The molecule has 0 rings (SSSR count). The molecular weight excluding hydrogens is 639 g/mol. The molecule has 0 radical (unpaired) electrons. The van der Waals surface area contributed by atoms with Crippen molar-refractivity contribution < 1.29 is 37.9 Å². The Kier molecular flexibility index (Phi) is 34.4. The van der Waals surface area contributed by atoms with Gasteiger partial charge < -0.3 is 19.3 Å². The molecule has 0 spiro atoms. The highest BCUT2D eigenvalue weighted by Crippen LogP contribution is 2.35. The fourth-order valence-corrected chi connectivity index (χ4v) is 5.54. The third-order valence-corrected chi connectivity index (χ3v) is 8.60. The molecule has 1 unspecified atom stereocenters. The van der Waals surface area contributed by atoms with Gasteiger partial charge in [0.25, 0.3) is 0 Å². The maximum Gasteiger partial charge on any atom is 0.469 e. The average molecular weight is 711 g/mol. The molecule has 0 aliphatic carbocycles. The molecule has 0 heterocycles. The van der Waals surface area contributed by atoms with Crippen LogP contribution in [0.1, 0.15) is 174 Å². The molecule has 0 bridgehead atoms. The predicted octanol–water partition coefficient (Wildman–Crippen LogP) is 11.6. The van der Waals surface area contributed by atoms with Gasteiger partial charge in [-0.2, -0.15) is 0 Å². The van der Waals surface area contributed by atoms with Crippen molar-refractivity contribution in [2.75, 3.05) is 13.2 Å². The number of ether oxygens (including phenoxy) is 2. The van der Waals surface area contributed by atoms with Crippen LogP contribution in [0, 0.1) is 0 Å². The molecule has 0 aliphatic rings. The topological polar surface area (TPSA) is 119 Å². The van der Waals surface area contributed by atoms with E-state index >= 15 is 0 Å². The first-order chi connectivity index (χ1) is 23.8. The molecule has 0 saturated carbocycles. The van der Waals surface area contributed by atoms with Crippen molar-refractivity contribution in [2.45, 2.75) is 180 Å². The summed E-state index contributed by atoms with van der Waals surface area (Å²) in [5.41, 5.74) is 0. The summed E-state index contributed by atoms with van der Waals surface area (Å²) in [6.45, 7) is 3.60. The predicted molar refractivity (Wildman–Crippen MR) is 202 cm³/mol. The van der Waals surface area contributed by atoms with Crippen molar-refractivity contribution in [2.24, 2.45) is 0 Å². The Balaban J connectivity index is 4.04. The van der Waals surface area contributed by atoms with E-state index in [4.69, 9.17) is 19.3 Å². The lowest BCUT2D eigenvalue weighted by molar-refractivity contribution is -0.161. The maximum absolute atomic E-state index is 12.3. The summed E-state index contributed by atoms with van der Waals surface area (Å²) in [5.74, 6) is -0.982. The van der Waals surface area contributed by atoms with Crippen molar-refractivity contribution in [3.05, 3.63) is 48.6 Å². The lowest BCUT2D eigenvalue weighted by atomic mass is 10.1. The quantitative estimate of drug-likeness (QED) is 0.0219. The SMILES string of the molecule is CCCCCCCC/C=C/C/C=C/CCC(=O)OC(COC(=O)CCCCCCC/C=C/C=C/CCCCCCCCC)COP(=O)(O)O. The number of rotatable bonds is 35. The number of carbonyl (C=O) groups is 2. The molecule has 0 aliphatic heterocycles. The second-order valence-corrected chi connectivity index (χ2v) is 14.2. The number of hydrogen-bond donors (Lipinski definition) is 2. The zero-order valence-corrected chi connectivity index (χ0v) is 32.0. The summed E-state index contributed by atoms with van der Waals surface area (Å²) in [6.07, 6.45) is 42.8. The lowest BCUT2D eigenvalue weighted by Crippen LogP contribution is -2.29. The summed E-state index contributed by atoms with van der Waals surface area (Å²) < 4.78 is 26.2. The molecule has 0 fully saturated rings. The lowest BCUT2D eigenvalue weighted by Gasteiger charge is -2.18. The van der Waals surface area contributed by atoms with Crippen LogP contribution in [0.4, 0.5) is 0 Å². The zero-order chi connectivity index (χ0) is 36.1. The molecule has 0 amide bonds. The molecule has 284 valence electrons. The van der Waals surface area contributed by atoms with Gasteiger partial charge in [0.2, 0.25) is 0 Å². The molecule has 0 aromatic carbocycles. The molecule has 8 nitrogen and oxygen atoms in total. The van der Waals surface area contributed by atoms with Gasteiger partial charge in [0.15, 0.2) is 6.10 Å². The van der Waals surface area contributed by atoms with Crippen LogP contribution in [0.5, 0.6) is 0 Å². The molecule has 0 aromatic rings. The van der Waals surface area contributed by atoms with Crippen molar-refractivity contribution in [3.63, 3.8) is 0 Å². The minimum atomic E-state index is -4.77. The van der Waals surface area contributed by atoms with E-state index in [0.717, 1.165) is 51.4 Å². The fraction of sp³-hybridized carbons (Fsp3) is 0.750. The Bertz CT molecular complexity index is 937. The van der Waals surface area contributed by atoms with Gasteiger partial charge in [-0.1, -0.05) is 152 Å². The number of carbonyl (C=O) groups excluding carboxylic acids is 2. The van der Waals surface area contributed by atoms with E-state index in [1.807, 2.05) is 12.2 Å². The molecule has 49 heavy (non-hydrogen) atoms. The summed E-state index contributed by atoms with van der Waals surface area (Å²) in [4.78, 5) is 42.6. The van der Waals surface area contributed by atoms with Crippen LogP contribution < -0.4 is 0 Å². The van der Waals surface area contributed by atoms with E-state index in [-0.39, 0.29) is 19.4 Å². The normalized spacial score (nSPS) is 13.0. The zero-order valence-electron chi connectivity index (χ0n) is 31.1. The summed E-state index contributed by atoms with van der Waals surface area (Å²) in [6, 6.07) is 0. The standard InChI is InChI=1S/C40H71O8P/c1-3-5-7-9-11-13-15-17-18-19-20-21-23-24-26-28-30-32-34-39(41)46-36-38(37-47-49(43,44)45)48-40(42)35-33-31-29-27-25-22-16-14-12-10-8-6-4-2/h18-22,25,29,31,38H,3-17,23-24,26-28,30,32-37H2,1-2H3,(H2,43,44,45)/b19-18+,21-20+,25-22+,31-29+. The van der Waals surface area contributed by atoms with Crippen molar-refractivity contribution in [1.82, 2.24) is 0 Å². The highest BCUT2D eigenvalue weighted by atomic mass is 31.2. The smallest absolute Gasteiger partial charge is 0.462 e. The van der Waals surface area contributed by atoms with E-state index < -0.39 is 32.5 Å². The molecule has 2 N–H and O–H groups in total. The van der Waals surface area contributed by atoms with Gasteiger partial charge in [-0.25, -0.2) is 4.57 Å². The highest BCUT2D eigenvalue weighted by Gasteiger charge is 2.22. The number of allylic oxidation sites excluding steroid dienone is 8. The largest absolute Gasteiger partial charge is 0.469 e. The van der Waals surface area contributed by atoms with Crippen LogP contribution in [0.15, 0.2) is 48.6 Å². The molecule has 0 aromatic heterocycles. The maximum atomic E-state index is 12.3. The van der Waals surface area contributed by atoms with E-state index in [1.54, 1.807) is 0 Å². The summed E-state index contributed by atoms with van der Waals surface area (Å²) >= 11 is 0. The Labute approximate surface area is 299 Å². The Hall–Kier alpha value is -1.99. The monoisotopic (exact) mass is 710 g/mol. The Morgan fingerprint density at radius 3 is 1.55 bits per heavy atom. The minimum Gasteiger partial charge on any atom is -0.462 e. The van der Waals surface area contributed by atoms with Gasteiger partial charge >= 0.3 is 19.8 Å². The van der Waals surface area contributed by atoms with E-state index in [1.165, 1.54) is 83.5 Å². The first-order valence-corrected chi connectivity index (χ1v) is 21.0. The van der Waals surface area contributed by atoms with Gasteiger partial charge in [-0.15, -0.1) is 0 Å². The number of esters is 2. The minimum absolute atomic E-state index is 0.101. The van der Waals surface area contributed by atoms with Gasteiger partial charge in [0.1, 0.15) is 6.61 Å². The molecular formula is C40H71O8P. The second-order valence-electron chi connectivity index (χ2n) is 12.9. The van der Waals surface area contributed by atoms with Gasteiger partial charge in [-0.3, -0.25) is 14.1 Å². The van der Waals surface area contributed by atoms with Gasteiger partial charge in [-0.05, 0) is 57.8 Å². The van der Waals surface area contributed by atoms with Gasteiger partial charge in [0.05, 0.1) is 6.61 Å². The number of hydrogen-bond acceptors (Lipinski definition) is 6. The van der Waals surface area contributed by atoms with Crippen molar-refractivity contribution >= 4 is 19.8 Å². The molecule has 9 heteroatoms. The van der Waals surface area contributed by atoms with Gasteiger partial charge in [0, 0.05) is 12.8 Å². The number of phosphoric acid groups is 1.